The van der Waals surface area contributed by atoms with E-state index in [9.17, 15) is 4.39 Å². The standard InChI is InChI=1S/C15H11ClFN3O/c16-10-3-1-2-9(6-10)7-14-19-15(21-20-14)12-5-4-11(17)8-13(12)18/h1-6,8H,7,18H2. The molecule has 0 bridgehead atoms. The molecule has 0 aliphatic rings. The molecule has 0 aliphatic carbocycles. The van der Waals surface area contributed by atoms with Gasteiger partial charge in [0.1, 0.15) is 5.82 Å². The summed E-state index contributed by atoms with van der Waals surface area (Å²) >= 11 is 5.93. The van der Waals surface area contributed by atoms with Crippen LogP contribution in [-0.2, 0) is 6.42 Å². The predicted octanol–water partition coefficient (Wildman–Crippen LogP) is 3.70. The van der Waals surface area contributed by atoms with E-state index >= 15 is 0 Å². The normalized spacial score (nSPS) is 10.8. The number of hydrogen-bond acceptors (Lipinski definition) is 4. The highest BCUT2D eigenvalue weighted by Gasteiger charge is 2.12. The fraction of sp³-hybridized carbons (Fsp3) is 0.0667. The first kappa shape index (κ1) is 13.6. The second kappa shape index (κ2) is 5.54. The van der Waals surface area contributed by atoms with Crippen molar-refractivity contribution >= 4 is 17.3 Å². The van der Waals surface area contributed by atoms with Gasteiger partial charge in [0.2, 0.25) is 0 Å². The van der Waals surface area contributed by atoms with E-state index in [0.29, 0.717) is 22.8 Å². The highest BCUT2D eigenvalue weighted by atomic mass is 35.5. The van der Waals surface area contributed by atoms with Crippen LogP contribution in [0.3, 0.4) is 0 Å². The lowest BCUT2D eigenvalue weighted by molar-refractivity contribution is 0.424. The molecule has 0 saturated heterocycles. The van der Waals surface area contributed by atoms with E-state index in [1.807, 2.05) is 18.2 Å². The molecule has 2 N–H and O–H groups in total. The Balaban J connectivity index is 1.86. The van der Waals surface area contributed by atoms with Crippen molar-refractivity contribution in [1.29, 1.82) is 0 Å². The molecule has 2 aromatic carbocycles. The van der Waals surface area contributed by atoms with Gasteiger partial charge in [-0.05, 0) is 35.9 Å². The summed E-state index contributed by atoms with van der Waals surface area (Å²) in [6, 6.07) is 11.4. The van der Waals surface area contributed by atoms with Gasteiger partial charge in [-0.15, -0.1) is 0 Å². The fourth-order valence-electron chi connectivity index (χ4n) is 1.99. The van der Waals surface area contributed by atoms with Crippen LogP contribution >= 0.6 is 11.6 Å². The molecule has 1 aromatic heterocycles. The first-order valence-electron chi connectivity index (χ1n) is 6.24. The maximum Gasteiger partial charge on any atom is 0.260 e. The van der Waals surface area contributed by atoms with Gasteiger partial charge in [0, 0.05) is 17.1 Å². The second-order valence-corrected chi connectivity index (χ2v) is 4.99. The van der Waals surface area contributed by atoms with Crippen molar-refractivity contribution in [3.05, 3.63) is 64.7 Å². The van der Waals surface area contributed by atoms with Gasteiger partial charge in [0.25, 0.3) is 5.89 Å². The van der Waals surface area contributed by atoms with Crippen LogP contribution in [0.1, 0.15) is 11.4 Å². The third-order valence-electron chi connectivity index (χ3n) is 2.96. The molecular weight excluding hydrogens is 293 g/mol. The molecule has 0 radical (unpaired) electrons. The molecule has 0 saturated carbocycles. The monoisotopic (exact) mass is 303 g/mol. The van der Waals surface area contributed by atoms with Crippen molar-refractivity contribution in [3.8, 4) is 11.5 Å². The number of nitrogen functional groups attached to an aromatic ring is 1. The summed E-state index contributed by atoms with van der Waals surface area (Å²) in [6.07, 6.45) is 0.491. The summed E-state index contributed by atoms with van der Waals surface area (Å²) in [4.78, 5) is 4.27. The Kier molecular flexibility index (Phi) is 3.58. The van der Waals surface area contributed by atoms with E-state index in [1.54, 1.807) is 6.07 Å². The average molecular weight is 304 g/mol. The summed E-state index contributed by atoms with van der Waals surface area (Å²) in [5.41, 5.74) is 7.50. The van der Waals surface area contributed by atoms with E-state index in [-0.39, 0.29) is 11.6 Å². The van der Waals surface area contributed by atoms with Gasteiger partial charge < -0.3 is 10.3 Å². The lowest BCUT2D eigenvalue weighted by atomic mass is 10.1. The van der Waals surface area contributed by atoms with Crippen LogP contribution in [0.4, 0.5) is 10.1 Å². The van der Waals surface area contributed by atoms with Gasteiger partial charge in [-0.25, -0.2) is 4.39 Å². The SMILES string of the molecule is Nc1cc(F)ccc1-c1nc(Cc2cccc(Cl)c2)no1. The average Bonchev–Trinajstić information content (AvgIpc) is 2.87. The molecule has 106 valence electrons. The smallest absolute Gasteiger partial charge is 0.260 e. The molecule has 21 heavy (non-hydrogen) atoms. The van der Waals surface area contributed by atoms with Crippen LogP contribution in [0.5, 0.6) is 0 Å². The highest BCUT2D eigenvalue weighted by molar-refractivity contribution is 6.30. The van der Waals surface area contributed by atoms with Gasteiger partial charge in [-0.1, -0.05) is 28.9 Å². The van der Waals surface area contributed by atoms with Gasteiger partial charge in [0.15, 0.2) is 5.82 Å². The minimum Gasteiger partial charge on any atom is -0.398 e. The van der Waals surface area contributed by atoms with Crippen LogP contribution in [0.25, 0.3) is 11.5 Å². The Bertz CT molecular complexity index is 788. The summed E-state index contributed by atoms with van der Waals surface area (Å²) in [5, 5.41) is 4.55. The van der Waals surface area contributed by atoms with E-state index < -0.39 is 5.82 Å². The Morgan fingerprint density at radius 1 is 1.19 bits per heavy atom. The molecule has 0 spiro atoms. The van der Waals surface area contributed by atoms with E-state index in [0.717, 1.165) is 5.56 Å². The van der Waals surface area contributed by atoms with Crippen molar-refractivity contribution in [2.75, 3.05) is 5.73 Å². The second-order valence-electron chi connectivity index (χ2n) is 4.55. The quantitative estimate of drug-likeness (QED) is 0.749. The minimum atomic E-state index is -0.407. The molecule has 6 heteroatoms. The zero-order valence-corrected chi connectivity index (χ0v) is 11.6. The maximum atomic E-state index is 13.0. The first-order chi connectivity index (χ1) is 10.1. The number of nitrogens with two attached hydrogens (primary N) is 1. The molecule has 4 nitrogen and oxygen atoms in total. The molecule has 0 unspecified atom stereocenters. The lowest BCUT2D eigenvalue weighted by Crippen LogP contribution is -1.93. The van der Waals surface area contributed by atoms with E-state index in [4.69, 9.17) is 21.9 Å². The van der Waals surface area contributed by atoms with Crippen LogP contribution in [0.15, 0.2) is 47.0 Å². The van der Waals surface area contributed by atoms with Crippen molar-refractivity contribution in [2.45, 2.75) is 6.42 Å². The Morgan fingerprint density at radius 3 is 2.81 bits per heavy atom. The number of rotatable bonds is 3. The number of nitrogens with zero attached hydrogens (tertiary/aromatic N) is 2. The number of halogens is 2. The van der Waals surface area contributed by atoms with Crippen LogP contribution in [-0.4, -0.2) is 10.1 Å². The Labute approximate surface area is 125 Å². The molecule has 0 amide bonds. The number of anilines is 1. The zero-order chi connectivity index (χ0) is 14.8. The van der Waals surface area contributed by atoms with Crippen LogP contribution < -0.4 is 5.73 Å². The molecule has 3 aromatic rings. The lowest BCUT2D eigenvalue weighted by Gasteiger charge is -1.99. The van der Waals surface area contributed by atoms with Crippen molar-refractivity contribution in [3.63, 3.8) is 0 Å². The highest BCUT2D eigenvalue weighted by Crippen LogP contribution is 2.25. The van der Waals surface area contributed by atoms with Crippen LogP contribution in [0, 0.1) is 5.82 Å². The predicted molar refractivity (Wildman–Crippen MR) is 78.4 cm³/mol. The number of hydrogen-bond donors (Lipinski definition) is 1. The fourth-order valence-corrected chi connectivity index (χ4v) is 2.21. The topological polar surface area (TPSA) is 64.9 Å². The Hall–Kier alpha value is -2.40. The summed E-state index contributed by atoms with van der Waals surface area (Å²) in [7, 11) is 0. The van der Waals surface area contributed by atoms with Gasteiger partial charge in [-0.3, -0.25) is 0 Å². The summed E-state index contributed by atoms with van der Waals surface area (Å²) < 4.78 is 18.2. The molecule has 1 heterocycles. The molecule has 3 rings (SSSR count). The third-order valence-corrected chi connectivity index (χ3v) is 3.20. The van der Waals surface area contributed by atoms with Crippen LogP contribution in [0.2, 0.25) is 5.02 Å². The Morgan fingerprint density at radius 2 is 2.05 bits per heavy atom. The van der Waals surface area contributed by atoms with Crippen molar-refractivity contribution < 1.29 is 8.91 Å². The van der Waals surface area contributed by atoms with Gasteiger partial charge in [0.05, 0.1) is 5.56 Å². The summed E-state index contributed by atoms with van der Waals surface area (Å²) in [5.74, 6) is 0.371. The number of benzene rings is 2. The van der Waals surface area contributed by atoms with E-state index in [2.05, 4.69) is 10.1 Å². The molecule has 0 fully saturated rings. The maximum absolute atomic E-state index is 13.0. The molecular formula is C15H11ClFN3O. The van der Waals surface area contributed by atoms with E-state index in [1.165, 1.54) is 18.2 Å². The number of aromatic nitrogens is 2. The van der Waals surface area contributed by atoms with Crippen molar-refractivity contribution in [2.24, 2.45) is 0 Å². The third kappa shape index (κ3) is 3.03. The molecule has 0 atom stereocenters. The summed E-state index contributed by atoms with van der Waals surface area (Å²) in [6.45, 7) is 0. The molecule has 0 aliphatic heterocycles. The zero-order valence-electron chi connectivity index (χ0n) is 10.9. The largest absolute Gasteiger partial charge is 0.398 e. The minimum absolute atomic E-state index is 0.257. The van der Waals surface area contributed by atoms with Crippen molar-refractivity contribution in [1.82, 2.24) is 10.1 Å². The van der Waals surface area contributed by atoms with Gasteiger partial charge >= 0.3 is 0 Å². The van der Waals surface area contributed by atoms with Gasteiger partial charge in [-0.2, -0.15) is 4.98 Å². The first-order valence-corrected chi connectivity index (χ1v) is 6.62.